The first kappa shape index (κ1) is 13.0. The molecule has 1 aliphatic heterocycles. The van der Waals surface area contributed by atoms with Crippen molar-refractivity contribution < 1.29 is 14.3 Å². The topological polar surface area (TPSA) is 40.5 Å². The molecule has 0 bridgehead atoms. The number of likely N-dealkylation sites (tertiary alicyclic amines) is 1. The number of hydrogen-bond donors (Lipinski definition) is 1. The number of hydrogen-bond acceptors (Lipinski definition) is 2. The lowest BCUT2D eigenvalue weighted by atomic mass is 9.96. The normalized spacial score (nSPS) is 17.4. The fraction of sp³-hybridized carbons (Fsp3) is 0.500. The van der Waals surface area contributed by atoms with Crippen LogP contribution in [0.15, 0.2) is 24.3 Å². The van der Waals surface area contributed by atoms with Crippen LogP contribution in [0.1, 0.15) is 18.9 Å². The molecule has 0 spiro atoms. The van der Waals surface area contributed by atoms with E-state index in [4.69, 9.17) is 5.11 Å². The summed E-state index contributed by atoms with van der Waals surface area (Å²) in [5.74, 6) is 0.0122. The van der Waals surface area contributed by atoms with Crippen molar-refractivity contribution in [3.05, 3.63) is 35.6 Å². The molecule has 1 aromatic carbocycles. The third-order valence-corrected chi connectivity index (χ3v) is 3.21. The lowest BCUT2D eigenvalue weighted by Crippen LogP contribution is -2.53. The van der Waals surface area contributed by atoms with Gasteiger partial charge >= 0.3 is 0 Å². The number of aliphatic hydroxyl groups is 1. The van der Waals surface area contributed by atoms with Gasteiger partial charge in [0.2, 0.25) is 5.91 Å². The highest BCUT2D eigenvalue weighted by Gasteiger charge is 2.29. The summed E-state index contributed by atoms with van der Waals surface area (Å²) >= 11 is 0. The summed E-state index contributed by atoms with van der Waals surface area (Å²) in [5, 5.41) is 9.13. The maximum atomic E-state index is 13.0. The van der Waals surface area contributed by atoms with E-state index in [9.17, 15) is 9.18 Å². The van der Waals surface area contributed by atoms with E-state index in [2.05, 4.69) is 0 Å². The molecule has 1 aliphatic rings. The van der Waals surface area contributed by atoms with E-state index in [-0.39, 0.29) is 23.7 Å². The number of benzene rings is 1. The van der Waals surface area contributed by atoms with Gasteiger partial charge in [0.15, 0.2) is 0 Å². The predicted molar refractivity (Wildman–Crippen MR) is 66.5 cm³/mol. The average Bonchev–Trinajstić information content (AvgIpc) is 2.24. The molecule has 4 heteroatoms. The van der Waals surface area contributed by atoms with E-state index in [0.717, 1.165) is 5.56 Å². The average molecular weight is 251 g/mol. The highest BCUT2D eigenvalue weighted by Crippen LogP contribution is 2.17. The molecule has 1 unspecified atom stereocenters. The summed E-state index contributed by atoms with van der Waals surface area (Å²) in [6.07, 6.45) is 0.788. The van der Waals surface area contributed by atoms with Crippen LogP contribution in [0.3, 0.4) is 0 Å². The zero-order valence-corrected chi connectivity index (χ0v) is 10.5. The quantitative estimate of drug-likeness (QED) is 0.883. The van der Waals surface area contributed by atoms with Gasteiger partial charge in [0, 0.05) is 19.5 Å². The Hall–Kier alpha value is -1.42. The molecule has 0 aromatic heterocycles. The number of rotatable bonds is 4. The van der Waals surface area contributed by atoms with Gasteiger partial charge in [0.25, 0.3) is 0 Å². The van der Waals surface area contributed by atoms with Gasteiger partial charge < -0.3 is 10.0 Å². The Morgan fingerprint density at radius 3 is 2.89 bits per heavy atom. The number of carbonyl (C=O) groups is 1. The molecule has 1 aromatic rings. The zero-order valence-electron chi connectivity index (χ0n) is 10.5. The third-order valence-electron chi connectivity index (χ3n) is 3.21. The smallest absolute Gasteiger partial charge is 0.223 e. The van der Waals surface area contributed by atoms with E-state index < -0.39 is 0 Å². The number of halogens is 1. The highest BCUT2D eigenvalue weighted by molar-refractivity contribution is 5.77. The second kappa shape index (κ2) is 5.48. The first-order valence-electron chi connectivity index (χ1n) is 6.25. The summed E-state index contributed by atoms with van der Waals surface area (Å²) < 4.78 is 13.0. The van der Waals surface area contributed by atoms with Crippen molar-refractivity contribution in [2.24, 2.45) is 5.92 Å². The first-order valence-corrected chi connectivity index (χ1v) is 6.25. The Kier molecular flexibility index (Phi) is 3.97. The molecule has 1 heterocycles. The Balaban J connectivity index is 1.81. The number of carbonyl (C=O) groups excluding carboxylic acids is 1. The maximum absolute atomic E-state index is 13.0. The van der Waals surface area contributed by atoms with Crippen molar-refractivity contribution >= 4 is 5.91 Å². The molecule has 1 saturated heterocycles. The van der Waals surface area contributed by atoms with Crippen LogP contribution < -0.4 is 0 Å². The molecule has 1 atom stereocenters. The van der Waals surface area contributed by atoms with E-state index in [1.54, 1.807) is 11.0 Å². The summed E-state index contributed by atoms with van der Waals surface area (Å²) in [4.78, 5) is 13.4. The second-order valence-electron chi connectivity index (χ2n) is 5.10. The SMILES string of the molecule is CC(CC(=O)N1CC(O)C1)Cc1cccc(F)c1. The van der Waals surface area contributed by atoms with Crippen molar-refractivity contribution in [2.45, 2.75) is 25.9 Å². The Morgan fingerprint density at radius 2 is 2.28 bits per heavy atom. The maximum Gasteiger partial charge on any atom is 0.223 e. The zero-order chi connectivity index (χ0) is 13.1. The van der Waals surface area contributed by atoms with Crippen LogP contribution in [-0.2, 0) is 11.2 Å². The Morgan fingerprint density at radius 1 is 1.56 bits per heavy atom. The largest absolute Gasteiger partial charge is 0.389 e. The molecule has 1 N–H and O–H groups in total. The fourth-order valence-corrected chi connectivity index (χ4v) is 2.22. The van der Waals surface area contributed by atoms with Crippen molar-refractivity contribution in [1.29, 1.82) is 0 Å². The molecule has 2 rings (SSSR count). The predicted octanol–water partition coefficient (Wildman–Crippen LogP) is 1.60. The fourth-order valence-electron chi connectivity index (χ4n) is 2.22. The molecule has 3 nitrogen and oxygen atoms in total. The van der Waals surface area contributed by atoms with E-state index in [0.29, 0.717) is 25.9 Å². The molecule has 1 fully saturated rings. The molecule has 0 radical (unpaired) electrons. The standard InChI is InChI=1S/C14H18FNO2/c1-10(5-11-3-2-4-12(15)7-11)6-14(18)16-8-13(17)9-16/h2-4,7,10,13,17H,5-6,8-9H2,1H3. The van der Waals surface area contributed by atoms with Crippen molar-refractivity contribution in [3.8, 4) is 0 Å². The van der Waals surface area contributed by atoms with Gasteiger partial charge in [0.1, 0.15) is 5.82 Å². The number of nitrogens with zero attached hydrogens (tertiary/aromatic N) is 1. The van der Waals surface area contributed by atoms with Gasteiger partial charge in [-0.15, -0.1) is 0 Å². The summed E-state index contributed by atoms with van der Waals surface area (Å²) in [6.45, 7) is 2.88. The van der Waals surface area contributed by atoms with Crippen molar-refractivity contribution in [2.75, 3.05) is 13.1 Å². The lowest BCUT2D eigenvalue weighted by molar-refractivity contribution is -0.142. The van der Waals surface area contributed by atoms with Gasteiger partial charge in [-0.3, -0.25) is 4.79 Å². The molecule has 98 valence electrons. The molecule has 18 heavy (non-hydrogen) atoms. The van der Waals surface area contributed by atoms with Gasteiger partial charge in [-0.2, -0.15) is 0 Å². The van der Waals surface area contributed by atoms with Crippen LogP contribution in [0.4, 0.5) is 4.39 Å². The number of amides is 1. The lowest BCUT2D eigenvalue weighted by Gasteiger charge is -2.36. The summed E-state index contributed by atoms with van der Waals surface area (Å²) in [5.41, 5.74) is 0.916. The minimum atomic E-state index is -0.354. The van der Waals surface area contributed by atoms with Crippen LogP contribution >= 0.6 is 0 Å². The van der Waals surface area contributed by atoms with Crippen molar-refractivity contribution in [1.82, 2.24) is 4.90 Å². The van der Waals surface area contributed by atoms with Gasteiger partial charge in [0.05, 0.1) is 6.10 Å². The molecule has 1 amide bonds. The van der Waals surface area contributed by atoms with E-state index in [1.807, 2.05) is 13.0 Å². The van der Waals surface area contributed by atoms with Crippen LogP contribution in [0.2, 0.25) is 0 Å². The van der Waals surface area contributed by atoms with Crippen LogP contribution in [0.25, 0.3) is 0 Å². The minimum absolute atomic E-state index is 0.0733. The molecule has 0 saturated carbocycles. The summed E-state index contributed by atoms with van der Waals surface area (Å²) in [6, 6.07) is 6.48. The van der Waals surface area contributed by atoms with Gasteiger partial charge in [-0.25, -0.2) is 4.39 Å². The monoisotopic (exact) mass is 251 g/mol. The summed E-state index contributed by atoms with van der Waals surface area (Å²) in [7, 11) is 0. The number of aliphatic hydroxyl groups excluding tert-OH is 1. The molecular formula is C14H18FNO2. The van der Waals surface area contributed by atoms with Crippen LogP contribution in [0, 0.1) is 11.7 Å². The van der Waals surface area contributed by atoms with Gasteiger partial charge in [-0.05, 0) is 30.0 Å². The third kappa shape index (κ3) is 3.29. The molecule has 0 aliphatic carbocycles. The highest BCUT2D eigenvalue weighted by atomic mass is 19.1. The van der Waals surface area contributed by atoms with Gasteiger partial charge in [-0.1, -0.05) is 19.1 Å². The Labute approximate surface area is 106 Å². The van der Waals surface area contributed by atoms with Crippen molar-refractivity contribution in [3.63, 3.8) is 0 Å². The second-order valence-corrected chi connectivity index (χ2v) is 5.10. The molecular weight excluding hydrogens is 233 g/mol. The Bertz CT molecular complexity index is 430. The van der Waals surface area contributed by atoms with E-state index >= 15 is 0 Å². The van der Waals surface area contributed by atoms with E-state index in [1.165, 1.54) is 12.1 Å². The first-order chi connectivity index (χ1) is 8.54. The minimum Gasteiger partial charge on any atom is -0.389 e. The van der Waals surface area contributed by atoms with Crippen LogP contribution in [0.5, 0.6) is 0 Å². The van der Waals surface area contributed by atoms with Crippen LogP contribution in [-0.4, -0.2) is 35.1 Å². The number of β-amino-alcohol motifs (C(OH)–C–C–N with tert-alkyl or cyclic N) is 1.